The minimum Gasteiger partial charge on any atom is -0.493 e. The topological polar surface area (TPSA) is 68.3 Å². The highest BCUT2D eigenvalue weighted by Gasteiger charge is 2.08. The van der Waals surface area contributed by atoms with Gasteiger partial charge in [-0.2, -0.15) is 5.26 Å². The number of nitrogens with zero attached hydrogens (tertiary/aromatic N) is 1. The molecule has 112 valence electrons. The Morgan fingerprint density at radius 1 is 1.23 bits per heavy atom. The number of nitrogens with two attached hydrogens (primary N) is 1. The number of benzene rings is 2. The summed E-state index contributed by atoms with van der Waals surface area (Å²) in [5, 5.41) is 9.11. The number of nitriles is 1. The highest BCUT2D eigenvalue weighted by Crippen LogP contribution is 2.34. The van der Waals surface area contributed by atoms with Crippen molar-refractivity contribution in [3.8, 4) is 23.3 Å². The average Bonchev–Trinajstić information content (AvgIpc) is 2.52. The predicted molar refractivity (Wildman–Crippen MR) is 87.1 cm³/mol. The van der Waals surface area contributed by atoms with Gasteiger partial charge in [0.2, 0.25) is 0 Å². The molecule has 2 aromatic carbocycles. The molecular formula is C17H15ClN2O2. The van der Waals surface area contributed by atoms with E-state index in [1.807, 2.05) is 18.2 Å². The fourth-order valence-electron chi connectivity index (χ4n) is 1.92. The molecular weight excluding hydrogens is 300 g/mol. The molecule has 0 amide bonds. The molecule has 5 heteroatoms. The van der Waals surface area contributed by atoms with Crippen LogP contribution in [-0.4, -0.2) is 7.11 Å². The highest BCUT2D eigenvalue weighted by molar-refractivity contribution is 6.30. The van der Waals surface area contributed by atoms with Crippen LogP contribution in [0.25, 0.3) is 6.08 Å². The smallest absolute Gasteiger partial charge is 0.169 e. The first-order chi connectivity index (χ1) is 10.7. The molecule has 0 atom stereocenters. The average molecular weight is 315 g/mol. The van der Waals surface area contributed by atoms with E-state index in [2.05, 4.69) is 0 Å². The Balaban J connectivity index is 2.33. The lowest BCUT2D eigenvalue weighted by Crippen LogP contribution is -1.98. The zero-order valence-electron chi connectivity index (χ0n) is 12.0. The molecule has 22 heavy (non-hydrogen) atoms. The lowest BCUT2D eigenvalue weighted by atomic mass is 10.2. The maximum absolute atomic E-state index is 8.59. The third-order valence-electron chi connectivity index (χ3n) is 2.94. The Kier molecular flexibility index (Phi) is 5.42. The first kappa shape index (κ1) is 15.9. The van der Waals surface area contributed by atoms with Gasteiger partial charge >= 0.3 is 0 Å². The van der Waals surface area contributed by atoms with Gasteiger partial charge in [0.1, 0.15) is 5.75 Å². The third kappa shape index (κ3) is 4.01. The van der Waals surface area contributed by atoms with Crippen molar-refractivity contribution in [1.82, 2.24) is 0 Å². The largest absolute Gasteiger partial charge is 0.493 e. The molecule has 0 heterocycles. The zero-order chi connectivity index (χ0) is 15.9. The van der Waals surface area contributed by atoms with Crippen LogP contribution < -0.4 is 15.2 Å². The van der Waals surface area contributed by atoms with Crippen LogP contribution >= 0.6 is 11.6 Å². The molecule has 0 aliphatic carbocycles. The van der Waals surface area contributed by atoms with E-state index in [0.29, 0.717) is 28.8 Å². The molecule has 2 N–H and O–H groups in total. The number of hydrogen-bond donors (Lipinski definition) is 1. The van der Waals surface area contributed by atoms with E-state index >= 15 is 0 Å². The second-order valence-electron chi connectivity index (χ2n) is 4.47. The second kappa shape index (κ2) is 7.51. The fourth-order valence-corrected chi connectivity index (χ4v) is 2.16. The SMILES string of the molecule is COc1cc(CN)ccc1Oc1cc(Cl)cc(/C=C/C#N)c1. The standard InChI is InChI=1S/C17H15ClN2O2/c1-21-17-9-13(11-20)4-5-16(17)22-15-8-12(3-2-6-19)7-14(18)10-15/h2-5,7-10H,11,20H2,1H3/b3-2+. The van der Waals surface area contributed by atoms with Crippen LogP contribution in [0.15, 0.2) is 42.5 Å². The highest BCUT2D eigenvalue weighted by atomic mass is 35.5. The quantitative estimate of drug-likeness (QED) is 0.842. The molecule has 0 aliphatic heterocycles. The van der Waals surface area contributed by atoms with Crippen molar-refractivity contribution in [2.75, 3.05) is 7.11 Å². The fraction of sp³-hybridized carbons (Fsp3) is 0.118. The normalized spacial score (nSPS) is 10.5. The van der Waals surface area contributed by atoms with Gasteiger partial charge in [-0.3, -0.25) is 0 Å². The molecule has 2 aromatic rings. The Labute approximate surface area is 134 Å². The number of ether oxygens (including phenoxy) is 2. The summed E-state index contributed by atoms with van der Waals surface area (Å²) in [6.07, 6.45) is 3.04. The van der Waals surface area contributed by atoms with Crippen LogP contribution in [0.5, 0.6) is 17.2 Å². The van der Waals surface area contributed by atoms with Gasteiger partial charge in [0, 0.05) is 17.6 Å². The number of allylic oxidation sites excluding steroid dienone is 1. The van der Waals surface area contributed by atoms with Crippen LogP contribution in [0.3, 0.4) is 0 Å². The molecule has 4 nitrogen and oxygen atoms in total. The van der Waals surface area contributed by atoms with Gasteiger partial charge in [-0.05, 0) is 47.5 Å². The van der Waals surface area contributed by atoms with Crippen molar-refractivity contribution in [3.63, 3.8) is 0 Å². The number of methoxy groups -OCH3 is 1. The molecule has 0 saturated heterocycles. The van der Waals surface area contributed by atoms with Crippen molar-refractivity contribution in [2.24, 2.45) is 5.73 Å². The first-order valence-corrected chi connectivity index (χ1v) is 6.95. The van der Waals surface area contributed by atoms with Gasteiger partial charge in [0.25, 0.3) is 0 Å². The minimum atomic E-state index is 0.427. The van der Waals surface area contributed by atoms with Crippen molar-refractivity contribution in [2.45, 2.75) is 6.54 Å². The maximum Gasteiger partial charge on any atom is 0.169 e. The molecule has 0 aromatic heterocycles. The summed E-state index contributed by atoms with van der Waals surface area (Å²) >= 11 is 6.07. The maximum atomic E-state index is 8.59. The van der Waals surface area contributed by atoms with Crippen molar-refractivity contribution < 1.29 is 9.47 Å². The molecule has 0 spiro atoms. The first-order valence-electron chi connectivity index (χ1n) is 6.58. The summed E-state index contributed by atoms with van der Waals surface area (Å²) in [6, 6.07) is 12.7. The number of halogens is 1. The Morgan fingerprint density at radius 2 is 2.05 bits per heavy atom. The van der Waals surface area contributed by atoms with E-state index in [9.17, 15) is 0 Å². The summed E-state index contributed by atoms with van der Waals surface area (Å²) in [7, 11) is 1.57. The van der Waals surface area contributed by atoms with Gasteiger partial charge in [0.15, 0.2) is 11.5 Å². The van der Waals surface area contributed by atoms with Gasteiger partial charge in [-0.1, -0.05) is 17.7 Å². The molecule has 2 rings (SSSR count). The van der Waals surface area contributed by atoms with Crippen molar-refractivity contribution >= 4 is 17.7 Å². The monoisotopic (exact) mass is 314 g/mol. The van der Waals surface area contributed by atoms with Crippen LogP contribution in [0.1, 0.15) is 11.1 Å². The summed E-state index contributed by atoms with van der Waals surface area (Å²) in [6.45, 7) is 0.427. The number of hydrogen-bond acceptors (Lipinski definition) is 4. The lowest BCUT2D eigenvalue weighted by Gasteiger charge is -2.12. The summed E-state index contributed by atoms with van der Waals surface area (Å²) in [4.78, 5) is 0. The van der Waals surface area contributed by atoms with E-state index < -0.39 is 0 Å². The molecule has 0 fully saturated rings. The predicted octanol–water partition coefficient (Wildman–Crippen LogP) is 4.14. The van der Waals surface area contributed by atoms with Crippen LogP contribution in [0.4, 0.5) is 0 Å². The Bertz CT molecular complexity index is 736. The summed E-state index contributed by atoms with van der Waals surface area (Å²) in [5.74, 6) is 1.72. The molecule has 0 aliphatic rings. The van der Waals surface area contributed by atoms with Gasteiger partial charge < -0.3 is 15.2 Å². The van der Waals surface area contributed by atoms with Gasteiger partial charge in [-0.15, -0.1) is 0 Å². The van der Waals surface area contributed by atoms with Crippen molar-refractivity contribution in [1.29, 1.82) is 5.26 Å². The van der Waals surface area contributed by atoms with E-state index in [1.165, 1.54) is 6.08 Å². The van der Waals surface area contributed by atoms with Crippen LogP contribution in [-0.2, 0) is 6.54 Å². The minimum absolute atomic E-state index is 0.427. The molecule has 0 saturated carbocycles. The lowest BCUT2D eigenvalue weighted by molar-refractivity contribution is 0.378. The van der Waals surface area contributed by atoms with E-state index in [4.69, 9.17) is 32.1 Å². The van der Waals surface area contributed by atoms with Crippen LogP contribution in [0.2, 0.25) is 5.02 Å². The number of rotatable bonds is 5. The van der Waals surface area contributed by atoms with E-state index in [1.54, 1.807) is 37.5 Å². The molecule has 0 radical (unpaired) electrons. The molecule has 0 bridgehead atoms. The van der Waals surface area contributed by atoms with Gasteiger partial charge in [0.05, 0.1) is 13.2 Å². The second-order valence-corrected chi connectivity index (χ2v) is 4.91. The van der Waals surface area contributed by atoms with Gasteiger partial charge in [-0.25, -0.2) is 0 Å². The third-order valence-corrected chi connectivity index (χ3v) is 3.15. The van der Waals surface area contributed by atoms with Crippen molar-refractivity contribution in [3.05, 3.63) is 58.6 Å². The van der Waals surface area contributed by atoms with E-state index in [-0.39, 0.29) is 0 Å². The summed E-state index contributed by atoms with van der Waals surface area (Å²) < 4.78 is 11.1. The van der Waals surface area contributed by atoms with E-state index in [0.717, 1.165) is 11.1 Å². The Hall–Kier alpha value is -2.48. The Morgan fingerprint density at radius 3 is 2.73 bits per heavy atom. The molecule has 0 unspecified atom stereocenters. The zero-order valence-corrected chi connectivity index (χ0v) is 12.8. The van der Waals surface area contributed by atoms with Crippen LogP contribution in [0, 0.1) is 11.3 Å². The summed E-state index contributed by atoms with van der Waals surface area (Å²) in [5.41, 5.74) is 7.35.